The van der Waals surface area contributed by atoms with Crippen molar-refractivity contribution in [2.45, 2.75) is 49.7 Å². The van der Waals surface area contributed by atoms with Crippen LogP contribution in [0.4, 0.5) is 27.6 Å². The van der Waals surface area contributed by atoms with E-state index in [-0.39, 0.29) is 42.7 Å². The lowest BCUT2D eigenvalue weighted by atomic mass is 9.81. The predicted molar refractivity (Wildman–Crippen MR) is 131 cm³/mol. The van der Waals surface area contributed by atoms with Gasteiger partial charge in [-0.05, 0) is 50.9 Å². The first kappa shape index (κ1) is 26.1. The number of pyridine rings is 1. The number of benzene rings is 1. The Bertz CT molecular complexity index is 1170. The van der Waals surface area contributed by atoms with Crippen molar-refractivity contribution in [1.29, 1.82) is 0 Å². The number of anilines is 1. The molecule has 4 rings (SSSR count). The number of nitrogens with one attached hydrogen (secondary N) is 2. The molecular weight excluding hydrogens is 479 g/mol. The molecule has 5 nitrogen and oxygen atoms in total. The van der Waals surface area contributed by atoms with Crippen LogP contribution in [0.5, 0.6) is 0 Å². The van der Waals surface area contributed by atoms with Gasteiger partial charge in [0, 0.05) is 36.1 Å². The maximum absolute atomic E-state index is 14.7. The number of carbonyl (C=O) groups is 1. The number of rotatable bonds is 7. The topological polar surface area (TPSA) is 57.3 Å². The first-order valence-electron chi connectivity index (χ1n) is 11.9. The number of amides is 1. The molecule has 0 unspecified atom stereocenters. The van der Waals surface area contributed by atoms with Crippen LogP contribution in [-0.2, 0) is 4.79 Å². The monoisotopic (exact) mass is 508 g/mol. The Kier molecular flexibility index (Phi) is 7.36. The van der Waals surface area contributed by atoms with Gasteiger partial charge in [0.25, 0.3) is 5.91 Å². The zero-order valence-electron chi connectivity index (χ0n) is 20.0. The lowest BCUT2D eigenvalue weighted by Crippen LogP contribution is -2.48. The number of piperidine rings is 1. The minimum absolute atomic E-state index is 0.00120. The highest BCUT2D eigenvalue weighted by Crippen LogP contribution is 2.38. The number of halogens is 5. The van der Waals surface area contributed by atoms with Crippen molar-refractivity contribution in [2.24, 2.45) is 0 Å². The molecule has 2 fully saturated rings. The molecule has 2 aromatic rings. The van der Waals surface area contributed by atoms with Crippen LogP contribution in [0.25, 0.3) is 22.4 Å². The summed E-state index contributed by atoms with van der Waals surface area (Å²) in [5.74, 6) is -0.693. The highest BCUT2D eigenvalue weighted by atomic mass is 19.4. The van der Waals surface area contributed by atoms with Crippen molar-refractivity contribution < 1.29 is 26.7 Å². The van der Waals surface area contributed by atoms with Gasteiger partial charge in [-0.25, -0.2) is 13.8 Å². The SMILES string of the molecule is C=C(c1nc(/C=C/CNC(=O)C2(F)CCC2)cc2c(N[C@@H]3CCN(C)C[C@@H]3F)cccc12)C(F)(F)F. The third-order valence-electron chi connectivity index (χ3n) is 6.83. The smallest absolute Gasteiger partial charge is 0.379 e. The zero-order chi connectivity index (χ0) is 26.1. The maximum atomic E-state index is 14.7. The number of allylic oxidation sites excluding steroid dienone is 1. The minimum Gasteiger partial charge on any atom is -0.379 e. The molecule has 2 aliphatic rings. The Morgan fingerprint density at radius 1 is 1.31 bits per heavy atom. The van der Waals surface area contributed by atoms with E-state index in [0.29, 0.717) is 30.5 Å². The van der Waals surface area contributed by atoms with Crippen LogP contribution >= 0.6 is 0 Å². The minimum atomic E-state index is -4.70. The van der Waals surface area contributed by atoms with E-state index in [1.165, 1.54) is 18.2 Å². The molecule has 0 bridgehead atoms. The highest BCUT2D eigenvalue weighted by Gasteiger charge is 2.44. The summed E-state index contributed by atoms with van der Waals surface area (Å²) in [6.45, 7) is 4.18. The summed E-state index contributed by atoms with van der Waals surface area (Å²) in [5.41, 5.74) is -2.57. The van der Waals surface area contributed by atoms with Crippen molar-refractivity contribution in [1.82, 2.24) is 15.2 Å². The summed E-state index contributed by atoms with van der Waals surface area (Å²) >= 11 is 0. The van der Waals surface area contributed by atoms with Crippen molar-refractivity contribution in [2.75, 3.05) is 32.0 Å². The largest absolute Gasteiger partial charge is 0.417 e. The second-order valence-electron chi connectivity index (χ2n) is 9.52. The first-order chi connectivity index (χ1) is 17.0. The molecule has 0 radical (unpaired) electrons. The maximum Gasteiger partial charge on any atom is 0.417 e. The molecule has 194 valence electrons. The fourth-order valence-corrected chi connectivity index (χ4v) is 4.50. The van der Waals surface area contributed by atoms with E-state index in [9.17, 15) is 26.7 Å². The van der Waals surface area contributed by atoms with Gasteiger partial charge in [-0.15, -0.1) is 0 Å². The van der Waals surface area contributed by atoms with Crippen molar-refractivity contribution >= 4 is 34.0 Å². The van der Waals surface area contributed by atoms with Gasteiger partial charge < -0.3 is 15.5 Å². The van der Waals surface area contributed by atoms with E-state index < -0.39 is 35.5 Å². The standard InChI is InChI=1S/C26H29F5N4O/c1-16(26(29,30)31)23-18-7-3-8-21(34-22-9-13-35(2)15-20(22)27)19(18)14-17(33-23)6-4-12-32-24(36)25(28)10-5-11-25/h3-4,6-8,14,20,22,34H,1,5,9-13,15H2,2H3,(H,32,36)/b6-4+/t20-,22+/m0/s1. The van der Waals surface area contributed by atoms with Crippen molar-refractivity contribution in [3.63, 3.8) is 0 Å². The number of hydrogen-bond acceptors (Lipinski definition) is 4. The third-order valence-corrected chi connectivity index (χ3v) is 6.83. The molecule has 36 heavy (non-hydrogen) atoms. The number of nitrogens with zero attached hydrogens (tertiary/aromatic N) is 2. The van der Waals surface area contributed by atoms with Crippen LogP contribution in [0.1, 0.15) is 37.1 Å². The van der Waals surface area contributed by atoms with Gasteiger partial charge in [0.05, 0.1) is 23.0 Å². The van der Waals surface area contributed by atoms with E-state index >= 15 is 0 Å². The van der Waals surface area contributed by atoms with Gasteiger partial charge in [-0.2, -0.15) is 13.2 Å². The molecule has 1 aliphatic carbocycles. The lowest BCUT2D eigenvalue weighted by Gasteiger charge is -2.33. The average Bonchev–Trinajstić information content (AvgIpc) is 2.80. The Morgan fingerprint density at radius 3 is 2.69 bits per heavy atom. The first-order valence-corrected chi connectivity index (χ1v) is 11.9. The van der Waals surface area contributed by atoms with Crippen molar-refractivity contribution in [3.05, 3.63) is 48.3 Å². The van der Waals surface area contributed by atoms with E-state index in [1.54, 1.807) is 18.2 Å². The average molecular weight is 509 g/mol. The number of likely N-dealkylation sites (tertiary alicyclic amines) is 1. The highest BCUT2D eigenvalue weighted by molar-refractivity contribution is 6.00. The van der Waals surface area contributed by atoms with E-state index in [2.05, 4.69) is 22.2 Å². The molecule has 2 atom stereocenters. The van der Waals surface area contributed by atoms with Gasteiger partial charge in [-0.3, -0.25) is 4.79 Å². The summed E-state index contributed by atoms with van der Waals surface area (Å²) < 4.78 is 69.6. The Balaban J connectivity index is 1.64. The van der Waals surface area contributed by atoms with Crippen LogP contribution in [0.2, 0.25) is 0 Å². The van der Waals surface area contributed by atoms with E-state index in [1.807, 2.05) is 11.9 Å². The molecule has 0 spiro atoms. The Morgan fingerprint density at radius 2 is 2.06 bits per heavy atom. The molecule has 2 N–H and O–H groups in total. The van der Waals surface area contributed by atoms with Crippen molar-refractivity contribution in [3.8, 4) is 0 Å². The van der Waals surface area contributed by atoms with Gasteiger partial charge in [-0.1, -0.05) is 24.8 Å². The summed E-state index contributed by atoms with van der Waals surface area (Å²) in [6, 6.07) is 5.94. The normalized spacial score (nSPS) is 22.4. The zero-order valence-corrected chi connectivity index (χ0v) is 20.0. The molecule has 1 saturated carbocycles. The van der Waals surface area contributed by atoms with Gasteiger partial charge in [0.1, 0.15) is 6.17 Å². The molecular formula is C26H29F5N4O. The Labute approximate surface area is 206 Å². The number of fused-ring (bicyclic) bond motifs is 1. The van der Waals surface area contributed by atoms with Gasteiger partial charge >= 0.3 is 6.18 Å². The van der Waals surface area contributed by atoms with Gasteiger partial charge in [0.2, 0.25) is 0 Å². The fraction of sp³-hybridized carbons (Fsp3) is 0.462. The number of carbonyl (C=O) groups excluding carboxylic acids is 1. The summed E-state index contributed by atoms with van der Waals surface area (Å²) in [6.07, 6.45) is -1.30. The van der Waals surface area contributed by atoms with E-state index in [0.717, 1.165) is 0 Å². The van der Waals surface area contributed by atoms with Crippen LogP contribution < -0.4 is 10.6 Å². The van der Waals surface area contributed by atoms with E-state index in [4.69, 9.17) is 0 Å². The molecule has 10 heteroatoms. The molecule has 1 aromatic carbocycles. The lowest BCUT2D eigenvalue weighted by molar-refractivity contribution is -0.138. The number of hydrogen-bond donors (Lipinski definition) is 2. The number of aromatic nitrogens is 1. The van der Waals surface area contributed by atoms with Crippen LogP contribution in [-0.4, -0.2) is 66.5 Å². The van der Waals surface area contributed by atoms with Gasteiger partial charge in [0.15, 0.2) is 5.67 Å². The van der Waals surface area contributed by atoms with Crippen LogP contribution in [0, 0.1) is 0 Å². The molecule has 1 aromatic heterocycles. The van der Waals surface area contributed by atoms with Crippen LogP contribution in [0.15, 0.2) is 36.9 Å². The number of alkyl halides is 5. The Hall–Kier alpha value is -3.01. The molecule has 1 aliphatic heterocycles. The molecule has 1 amide bonds. The molecule has 2 heterocycles. The second kappa shape index (κ2) is 10.2. The third kappa shape index (κ3) is 5.53. The second-order valence-corrected chi connectivity index (χ2v) is 9.52. The quantitative estimate of drug-likeness (QED) is 0.500. The summed E-state index contributed by atoms with van der Waals surface area (Å²) in [7, 11) is 1.84. The predicted octanol–water partition coefficient (Wildman–Crippen LogP) is 5.29. The molecule has 1 saturated heterocycles. The summed E-state index contributed by atoms with van der Waals surface area (Å²) in [4.78, 5) is 18.0. The fourth-order valence-electron chi connectivity index (χ4n) is 4.50. The van der Waals surface area contributed by atoms with Crippen LogP contribution in [0.3, 0.4) is 0 Å². The summed E-state index contributed by atoms with van der Waals surface area (Å²) in [5, 5.41) is 6.34.